The summed E-state index contributed by atoms with van der Waals surface area (Å²) in [6.07, 6.45) is 0. The van der Waals surface area contributed by atoms with Crippen LogP contribution in [-0.4, -0.2) is 11.8 Å². The first kappa shape index (κ1) is 15.0. The van der Waals surface area contributed by atoms with Crippen LogP contribution in [0.4, 0.5) is 15.8 Å². The van der Waals surface area contributed by atoms with E-state index in [1.807, 2.05) is 0 Å². The van der Waals surface area contributed by atoms with E-state index in [2.05, 4.69) is 10.6 Å². The van der Waals surface area contributed by atoms with Crippen LogP contribution in [0.25, 0.3) is 0 Å². The van der Waals surface area contributed by atoms with E-state index in [0.717, 1.165) is 0 Å². The predicted octanol–water partition coefficient (Wildman–Crippen LogP) is 3.69. The zero-order valence-corrected chi connectivity index (χ0v) is 11.9. The molecule has 0 saturated heterocycles. The molecular formula is C15H12ClFN2O2. The smallest absolute Gasteiger partial charge is 0.258 e. The highest BCUT2D eigenvalue weighted by atomic mass is 35.5. The number of carbonyl (C=O) groups excluding carboxylic acids is 2. The van der Waals surface area contributed by atoms with Gasteiger partial charge in [-0.2, -0.15) is 0 Å². The molecule has 0 aromatic heterocycles. The zero-order chi connectivity index (χ0) is 15.4. The quantitative estimate of drug-likeness (QED) is 0.908. The lowest BCUT2D eigenvalue weighted by molar-refractivity contribution is -0.114. The molecule has 108 valence electrons. The highest BCUT2D eigenvalue weighted by Crippen LogP contribution is 2.25. The topological polar surface area (TPSA) is 58.2 Å². The fourth-order valence-corrected chi connectivity index (χ4v) is 1.96. The molecule has 2 aromatic rings. The summed E-state index contributed by atoms with van der Waals surface area (Å²) < 4.78 is 13.5. The van der Waals surface area contributed by atoms with Crippen LogP contribution < -0.4 is 10.6 Å². The van der Waals surface area contributed by atoms with Gasteiger partial charge in [-0.15, -0.1) is 0 Å². The number of benzene rings is 2. The third kappa shape index (κ3) is 3.79. The number of hydrogen-bond acceptors (Lipinski definition) is 2. The first-order chi connectivity index (χ1) is 9.97. The second kappa shape index (κ2) is 6.37. The highest BCUT2D eigenvalue weighted by molar-refractivity contribution is 6.34. The normalized spacial score (nSPS) is 10.0. The predicted molar refractivity (Wildman–Crippen MR) is 80.1 cm³/mol. The minimum Gasteiger partial charge on any atom is -0.325 e. The molecular weight excluding hydrogens is 295 g/mol. The molecule has 4 nitrogen and oxygen atoms in total. The van der Waals surface area contributed by atoms with E-state index in [9.17, 15) is 14.0 Å². The summed E-state index contributed by atoms with van der Waals surface area (Å²) >= 11 is 5.99. The van der Waals surface area contributed by atoms with Crippen molar-refractivity contribution in [3.63, 3.8) is 0 Å². The van der Waals surface area contributed by atoms with Crippen LogP contribution in [0.15, 0.2) is 42.5 Å². The van der Waals surface area contributed by atoms with Gasteiger partial charge in [0.05, 0.1) is 16.3 Å². The van der Waals surface area contributed by atoms with Gasteiger partial charge in [-0.1, -0.05) is 23.7 Å². The zero-order valence-electron chi connectivity index (χ0n) is 11.1. The Morgan fingerprint density at radius 3 is 2.43 bits per heavy atom. The molecule has 0 aliphatic rings. The molecule has 0 fully saturated rings. The van der Waals surface area contributed by atoms with E-state index in [0.29, 0.717) is 11.4 Å². The SMILES string of the molecule is CC(=O)Nc1ccc(NC(=O)c2ccccc2F)cc1Cl. The lowest BCUT2D eigenvalue weighted by Gasteiger charge is -2.09. The first-order valence-corrected chi connectivity index (χ1v) is 6.48. The maximum atomic E-state index is 13.5. The molecule has 0 spiro atoms. The minimum absolute atomic E-state index is 0.0560. The summed E-state index contributed by atoms with van der Waals surface area (Å²) in [6.45, 7) is 1.37. The van der Waals surface area contributed by atoms with E-state index >= 15 is 0 Å². The molecule has 0 aliphatic heterocycles. The summed E-state index contributed by atoms with van der Waals surface area (Å²) in [6, 6.07) is 10.3. The molecule has 0 atom stereocenters. The third-order valence-corrected chi connectivity index (χ3v) is 2.97. The van der Waals surface area contributed by atoms with Crippen LogP contribution in [0.1, 0.15) is 17.3 Å². The maximum Gasteiger partial charge on any atom is 0.258 e. The van der Waals surface area contributed by atoms with Crippen molar-refractivity contribution in [2.24, 2.45) is 0 Å². The van der Waals surface area contributed by atoms with Crippen LogP contribution in [0.2, 0.25) is 5.02 Å². The largest absolute Gasteiger partial charge is 0.325 e. The van der Waals surface area contributed by atoms with Crippen LogP contribution in [0, 0.1) is 5.82 Å². The Bertz CT molecular complexity index is 704. The average molecular weight is 307 g/mol. The lowest BCUT2D eigenvalue weighted by Crippen LogP contribution is -2.14. The van der Waals surface area contributed by atoms with E-state index in [1.165, 1.54) is 31.2 Å². The van der Waals surface area contributed by atoms with Crippen LogP contribution in [0.5, 0.6) is 0 Å². The van der Waals surface area contributed by atoms with E-state index in [1.54, 1.807) is 18.2 Å². The van der Waals surface area contributed by atoms with E-state index in [-0.39, 0.29) is 16.5 Å². The minimum atomic E-state index is -0.601. The molecule has 2 N–H and O–H groups in total. The second-order valence-electron chi connectivity index (χ2n) is 4.31. The van der Waals surface area contributed by atoms with E-state index in [4.69, 9.17) is 11.6 Å². The van der Waals surface area contributed by atoms with Crippen molar-refractivity contribution in [3.8, 4) is 0 Å². The van der Waals surface area contributed by atoms with Gasteiger partial charge in [-0.05, 0) is 30.3 Å². The van der Waals surface area contributed by atoms with Gasteiger partial charge in [-0.25, -0.2) is 4.39 Å². The summed E-state index contributed by atoms with van der Waals surface area (Å²) in [4.78, 5) is 22.9. The summed E-state index contributed by atoms with van der Waals surface area (Å²) in [5.74, 6) is -1.42. The molecule has 0 unspecified atom stereocenters. The first-order valence-electron chi connectivity index (χ1n) is 6.10. The lowest BCUT2D eigenvalue weighted by atomic mass is 10.2. The number of nitrogens with one attached hydrogen (secondary N) is 2. The van der Waals surface area contributed by atoms with Gasteiger partial charge in [-0.3, -0.25) is 9.59 Å². The van der Waals surface area contributed by atoms with Crippen LogP contribution >= 0.6 is 11.6 Å². The monoisotopic (exact) mass is 306 g/mol. The Morgan fingerprint density at radius 2 is 1.81 bits per heavy atom. The summed E-state index contributed by atoms with van der Waals surface area (Å²) in [5.41, 5.74) is 0.787. The Hall–Kier alpha value is -2.40. The van der Waals surface area contributed by atoms with Crippen molar-refractivity contribution in [2.75, 3.05) is 10.6 Å². The number of amides is 2. The molecule has 0 aliphatic carbocycles. The molecule has 0 bridgehead atoms. The number of rotatable bonds is 3. The fourth-order valence-electron chi connectivity index (χ4n) is 1.73. The molecule has 0 heterocycles. The van der Waals surface area contributed by atoms with Gasteiger partial charge in [0.1, 0.15) is 5.82 Å². The molecule has 2 amide bonds. The van der Waals surface area contributed by atoms with Crippen LogP contribution in [-0.2, 0) is 4.79 Å². The number of anilines is 2. The van der Waals surface area contributed by atoms with Crippen molar-refractivity contribution < 1.29 is 14.0 Å². The number of carbonyl (C=O) groups is 2. The van der Waals surface area contributed by atoms with Gasteiger partial charge in [0.25, 0.3) is 5.91 Å². The Balaban J connectivity index is 2.17. The number of hydrogen-bond donors (Lipinski definition) is 2. The molecule has 0 saturated carbocycles. The Morgan fingerprint density at radius 1 is 1.10 bits per heavy atom. The summed E-state index contributed by atoms with van der Waals surface area (Å²) in [5, 5.41) is 5.37. The van der Waals surface area contributed by atoms with Gasteiger partial charge in [0, 0.05) is 12.6 Å². The van der Waals surface area contributed by atoms with Crippen LogP contribution in [0.3, 0.4) is 0 Å². The van der Waals surface area contributed by atoms with Gasteiger partial charge < -0.3 is 10.6 Å². The Labute approximate surface area is 125 Å². The van der Waals surface area contributed by atoms with E-state index < -0.39 is 11.7 Å². The van der Waals surface area contributed by atoms with Crippen molar-refractivity contribution >= 4 is 34.8 Å². The van der Waals surface area contributed by atoms with Gasteiger partial charge in [0.15, 0.2) is 0 Å². The molecule has 2 aromatic carbocycles. The molecule has 2 rings (SSSR count). The summed E-state index contributed by atoms with van der Waals surface area (Å²) in [7, 11) is 0. The molecule has 6 heteroatoms. The van der Waals surface area contributed by atoms with Gasteiger partial charge in [0.2, 0.25) is 5.91 Å². The van der Waals surface area contributed by atoms with Gasteiger partial charge >= 0.3 is 0 Å². The Kier molecular flexibility index (Phi) is 4.55. The molecule has 21 heavy (non-hydrogen) atoms. The molecule has 0 radical (unpaired) electrons. The van der Waals surface area contributed by atoms with Crippen molar-refractivity contribution in [3.05, 3.63) is 58.9 Å². The van der Waals surface area contributed by atoms with Crippen molar-refractivity contribution in [2.45, 2.75) is 6.92 Å². The average Bonchev–Trinajstić information content (AvgIpc) is 2.42. The second-order valence-corrected chi connectivity index (χ2v) is 4.72. The number of halogens is 2. The fraction of sp³-hybridized carbons (Fsp3) is 0.0667. The third-order valence-electron chi connectivity index (χ3n) is 2.66. The highest BCUT2D eigenvalue weighted by Gasteiger charge is 2.12. The maximum absolute atomic E-state index is 13.5. The van der Waals surface area contributed by atoms with Crippen molar-refractivity contribution in [1.82, 2.24) is 0 Å². The van der Waals surface area contributed by atoms with Crippen molar-refractivity contribution in [1.29, 1.82) is 0 Å². The standard InChI is InChI=1S/C15H12ClFN2O2/c1-9(20)18-14-7-6-10(8-12(14)16)19-15(21)11-4-2-3-5-13(11)17/h2-8H,1H3,(H,18,20)(H,19,21).